The van der Waals surface area contributed by atoms with Gasteiger partial charge in [-0.2, -0.15) is 0 Å². The molecular formula is C21H24N4O4. The zero-order valence-corrected chi connectivity index (χ0v) is 16.5. The van der Waals surface area contributed by atoms with Crippen LogP contribution in [0.3, 0.4) is 0 Å². The highest BCUT2D eigenvalue weighted by molar-refractivity contribution is 5.99. The number of hydrogen-bond acceptors (Lipinski definition) is 5. The fourth-order valence-corrected chi connectivity index (χ4v) is 3.98. The fraction of sp³-hybridized carbons (Fsp3) is 0.381. The number of hydrogen-bond donors (Lipinski definition) is 2. The summed E-state index contributed by atoms with van der Waals surface area (Å²) < 4.78 is 1.53. The molecule has 1 aromatic carbocycles. The Hall–Kier alpha value is -3.13. The molecule has 2 aliphatic heterocycles. The third-order valence-corrected chi connectivity index (χ3v) is 5.68. The third kappa shape index (κ3) is 3.40. The van der Waals surface area contributed by atoms with Gasteiger partial charge in [-0.1, -0.05) is 29.8 Å². The van der Waals surface area contributed by atoms with Crippen molar-refractivity contribution in [2.75, 3.05) is 20.1 Å². The van der Waals surface area contributed by atoms with E-state index in [2.05, 4.69) is 10.2 Å². The van der Waals surface area contributed by atoms with Crippen LogP contribution in [0.4, 0.5) is 0 Å². The van der Waals surface area contributed by atoms with Crippen LogP contribution in [0, 0.1) is 6.92 Å². The van der Waals surface area contributed by atoms with Gasteiger partial charge in [-0.15, -0.1) is 0 Å². The number of carbonyl (C=O) groups excluding carboxylic acids is 2. The molecule has 3 heterocycles. The average Bonchev–Trinajstić information content (AvgIpc) is 2.71. The average molecular weight is 396 g/mol. The van der Waals surface area contributed by atoms with Crippen LogP contribution >= 0.6 is 0 Å². The lowest BCUT2D eigenvalue weighted by Crippen LogP contribution is -2.59. The molecule has 1 unspecified atom stereocenters. The smallest absolute Gasteiger partial charge is 0.275 e. The van der Waals surface area contributed by atoms with Crippen LogP contribution in [0.1, 0.15) is 38.4 Å². The van der Waals surface area contributed by atoms with Gasteiger partial charge in [0, 0.05) is 25.8 Å². The second-order valence-corrected chi connectivity index (χ2v) is 7.70. The minimum absolute atomic E-state index is 0.0448. The Kier molecular flexibility index (Phi) is 4.87. The van der Waals surface area contributed by atoms with Crippen molar-refractivity contribution in [2.45, 2.75) is 32.6 Å². The van der Waals surface area contributed by atoms with Crippen molar-refractivity contribution in [3.8, 4) is 5.75 Å². The summed E-state index contributed by atoms with van der Waals surface area (Å²) in [6, 6.07) is 7.69. The van der Waals surface area contributed by atoms with Crippen LogP contribution in [0.25, 0.3) is 0 Å². The standard InChI is InChI=1S/C21H24N4O4/c1-13-4-6-14(7-5-13)10-22-20(28)15-11-24-12-16-23(2)8-3-9-25(16)21(29)17(24)19(27)18(15)26/h4-7,11,16,27H,3,8-10,12H2,1-2H3,(H,22,28). The molecule has 8 nitrogen and oxygen atoms in total. The van der Waals surface area contributed by atoms with Crippen molar-refractivity contribution in [1.82, 2.24) is 19.7 Å². The van der Waals surface area contributed by atoms with E-state index in [4.69, 9.17) is 0 Å². The van der Waals surface area contributed by atoms with Crippen LogP contribution in [0.15, 0.2) is 35.3 Å². The Morgan fingerprint density at radius 1 is 1.21 bits per heavy atom. The topological polar surface area (TPSA) is 94.9 Å². The minimum atomic E-state index is -0.824. The maximum atomic E-state index is 12.9. The molecule has 29 heavy (non-hydrogen) atoms. The van der Waals surface area contributed by atoms with Crippen molar-refractivity contribution < 1.29 is 14.7 Å². The molecule has 0 aliphatic carbocycles. The first kappa shape index (κ1) is 19.2. The predicted octanol–water partition coefficient (Wildman–Crippen LogP) is 0.910. The lowest BCUT2D eigenvalue weighted by atomic mass is 10.1. The van der Waals surface area contributed by atoms with Crippen molar-refractivity contribution in [3.63, 3.8) is 0 Å². The summed E-state index contributed by atoms with van der Waals surface area (Å²) in [6.07, 6.45) is 2.07. The van der Waals surface area contributed by atoms with Gasteiger partial charge in [0.15, 0.2) is 11.4 Å². The number of aryl methyl sites for hydroxylation is 1. The molecule has 152 valence electrons. The highest BCUT2D eigenvalue weighted by Gasteiger charge is 2.39. The Balaban J connectivity index is 1.62. The zero-order chi connectivity index (χ0) is 20.7. The van der Waals surface area contributed by atoms with Gasteiger partial charge in [-0.25, -0.2) is 0 Å². The highest BCUT2D eigenvalue weighted by atomic mass is 16.3. The van der Waals surface area contributed by atoms with Gasteiger partial charge in [0.25, 0.3) is 11.8 Å². The molecule has 1 aromatic heterocycles. The molecule has 1 atom stereocenters. The number of pyridine rings is 1. The molecular weight excluding hydrogens is 372 g/mol. The summed E-state index contributed by atoms with van der Waals surface area (Å²) >= 11 is 0. The molecule has 4 rings (SSSR count). The van der Waals surface area contributed by atoms with Gasteiger partial charge in [-0.3, -0.25) is 19.3 Å². The molecule has 0 bridgehead atoms. The molecule has 1 fully saturated rings. The quantitative estimate of drug-likeness (QED) is 0.804. The van der Waals surface area contributed by atoms with Gasteiger partial charge in [0.1, 0.15) is 11.7 Å². The van der Waals surface area contributed by atoms with E-state index in [1.165, 1.54) is 10.8 Å². The first-order valence-corrected chi connectivity index (χ1v) is 9.68. The predicted molar refractivity (Wildman–Crippen MR) is 107 cm³/mol. The highest BCUT2D eigenvalue weighted by Crippen LogP contribution is 2.27. The Morgan fingerprint density at radius 3 is 2.66 bits per heavy atom. The van der Waals surface area contributed by atoms with E-state index in [0.717, 1.165) is 24.1 Å². The summed E-state index contributed by atoms with van der Waals surface area (Å²) in [4.78, 5) is 41.8. The van der Waals surface area contributed by atoms with Gasteiger partial charge in [0.2, 0.25) is 5.43 Å². The van der Waals surface area contributed by atoms with Gasteiger partial charge >= 0.3 is 0 Å². The number of aromatic nitrogens is 1. The second-order valence-electron chi connectivity index (χ2n) is 7.70. The molecule has 1 saturated heterocycles. The van der Waals surface area contributed by atoms with E-state index >= 15 is 0 Å². The fourth-order valence-electron chi connectivity index (χ4n) is 3.98. The molecule has 2 N–H and O–H groups in total. The van der Waals surface area contributed by atoms with Gasteiger partial charge < -0.3 is 19.9 Å². The van der Waals surface area contributed by atoms with E-state index in [1.807, 2.05) is 38.2 Å². The number of rotatable bonds is 3. The van der Waals surface area contributed by atoms with Gasteiger partial charge in [-0.05, 0) is 26.0 Å². The number of aromatic hydroxyl groups is 1. The van der Waals surface area contributed by atoms with E-state index in [9.17, 15) is 19.5 Å². The minimum Gasteiger partial charge on any atom is -0.503 e. The number of carbonyl (C=O) groups is 2. The number of fused-ring (bicyclic) bond motifs is 2. The Labute approximate surface area is 168 Å². The molecule has 8 heteroatoms. The lowest BCUT2D eigenvalue weighted by Gasteiger charge is -2.45. The second kappa shape index (κ2) is 7.36. The third-order valence-electron chi connectivity index (χ3n) is 5.68. The van der Waals surface area contributed by atoms with Crippen molar-refractivity contribution in [3.05, 3.63) is 63.1 Å². The van der Waals surface area contributed by atoms with E-state index in [1.54, 1.807) is 4.90 Å². The van der Waals surface area contributed by atoms with E-state index in [0.29, 0.717) is 13.1 Å². The summed E-state index contributed by atoms with van der Waals surface area (Å²) in [7, 11) is 1.94. The van der Waals surface area contributed by atoms with E-state index in [-0.39, 0.29) is 29.9 Å². The zero-order valence-electron chi connectivity index (χ0n) is 16.5. The first-order chi connectivity index (χ1) is 13.9. The number of amides is 2. The Morgan fingerprint density at radius 2 is 1.93 bits per heavy atom. The summed E-state index contributed by atoms with van der Waals surface area (Å²) in [5, 5.41) is 13.2. The Bertz CT molecular complexity index is 1030. The molecule has 2 amide bonds. The molecule has 2 aromatic rings. The van der Waals surface area contributed by atoms with Crippen LogP contribution in [0.5, 0.6) is 5.75 Å². The molecule has 0 spiro atoms. The maximum Gasteiger partial charge on any atom is 0.275 e. The normalized spacial score (nSPS) is 18.9. The molecule has 2 aliphatic rings. The van der Waals surface area contributed by atoms with Crippen molar-refractivity contribution >= 4 is 11.8 Å². The van der Waals surface area contributed by atoms with Crippen LogP contribution in [0.2, 0.25) is 0 Å². The van der Waals surface area contributed by atoms with Gasteiger partial charge in [0.05, 0.1) is 6.54 Å². The number of nitrogens with zero attached hydrogens (tertiary/aromatic N) is 3. The van der Waals surface area contributed by atoms with Crippen molar-refractivity contribution in [2.24, 2.45) is 0 Å². The lowest BCUT2D eigenvalue weighted by molar-refractivity contribution is 0.00158. The number of likely N-dealkylation sites (N-methyl/N-ethyl adjacent to an activating group) is 1. The summed E-state index contributed by atoms with van der Waals surface area (Å²) in [5.74, 6) is -1.62. The maximum absolute atomic E-state index is 12.9. The summed E-state index contributed by atoms with van der Waals surface area (Å²) in [6.45, 7) is 4.08. The summed E-state index contributed by atoms with van der Waals surface area (Å²) in [5.41, 5.74) is 0.981. The monoisotopic (exact) mass is 396 g/mol. The first-order valence-electron chi connectivity index (χ1n) is 9.68. The number of nitrogens with one attached hydrogen (secondary N) is 1. The van der Waals surface area contributed by atoms with Crippen LogP contribution in [-0.4, -0.2) is 57.6 Å². The SMILES string of the molecule is Cc1ccc(CNC(=O)c2cn3c(c(O)c2=O)C(=O)N2CCCN(C)C2C3)cc1. The largest absolute Gasteiger partial charge is 0.503 e. The molecule has 0 radical (unpaired) electrons. The van der Waals surface area contributed by atoms with E-state index < -0.39 is 17.1 Å². The van der Waals surface area contributed by atoms with Crippen LogP contribution in [-0.2, 0) is 13.1 Å². The van der Waals surface area contributed by atoms with Crippen LogP contribution < -0.4 is 10.7 Å². The van der Waals surface area contributed by atoms with Crippen molar-refractivity contribution in [1.29, 1.82) is 0 Å². The molecule has 0 saturated carbocycles. The number of benzene rings is 1.